The second-order valence-electron chi connectivity index (χ2n) is 7.11. The molecule has 0 spiro atoms. The third-order valence-electron chi connectivity index (χ3n) is 5.25. The largest absolute Gasteiger partial charge is 0.508 e. The van der Waals surface area contributed by atoms with E-state index in [4.69, 9.17) is 0 Å². The molecule has 5 nitrogen and oxygen atoms in total. The fourth-order valence-electron chi connectivity index (χ4n) is 3.72. The summed E-state index contributed by atoms with van der Waals surface area (Å²) < 4.78 is 0. The standard InChI is InChI=1S/C18H22N2O3/c21-16-4-3-13-5-6-19(10-14(13)7-16)18(23)15-8-17(22)20(11-15)9-12-1-2-12/h3-4,7,12,15,21H,1-2,5-6,8-11H2/t15-/m1/s1. The number of benzene rings is 1. The summed E-state index contributed by atoms with van der Waals surface area (Å²) in [5.74, 6) is 0.929. The Labute approximate surface area is 135 Å². The van der Waals surface area contributed by atoms with Crippen LogP contribution in [-0.4, -0.2) is 46.4 Å². The summed E-state index contributed by atoms with van der Waals surface area (Å²) in [4.78, 5) is 28.6. The maximum absolute atomic E-state index is 12.8. The summed E-state index contributed by atoms with van der Waals surface area (Å²) in [6, 6.07) is 5.37. The van der Waals surface area contributed by atoms with Crippen molar-refractivity contribution in [2.75, 3.05) is 19.6 Å². The molecule has 2 fully saturated rings. The van der Waals surface area contributed by atoms with E-state index in [2.05, 4.69) is 0 Å². The van der Waals surface area contributed by atoms with E-state index in [0.717, 1.165) is 18.5 Å². The third-order valence-corrected chi connectivity index (χ3v) is 5.25. The van der Waals surface area contributed by atoms with Crippen molar-refractivity contribution >= 4 is 11.8 Å². The van der Waals surface area contributed by atoms with E-state index in [1.165, 1.54) is 18.4 Å². The monoisotopic (exact) mass is 314 g/mol. The van der Waals surface area contributed by atoms with Gasteiger partial charge in [-0.25, -0.2) is 0 Å². The number of nitrogens with zero attached hydrogens (tertiary/aromatic N) is 2. The van der Waals surface area contributed by atoms with Crippen LogP contribution in [-0.2, 0) is 22.6 Å². The Balaban J connectivity index is 1.42. The predicted molar refractivity (Wildman–Crippen MR) is 84.6 cm³/mol. The van der Waals surface area contributed by atoms with Crippen molar-refractivity contribution in [2.24, 2.45) is 11.8 Å². The van der Waals surface area contributed by atoms with Crippen molar-refractivity contribution in [3.05, 3.63) is 29.3 Å². The van der Waals surface area contributed by atoms with Gasteiger partial charge in [-0.15, -0.1) is 0 Å². The lowest BCUT2D eigenvalue weighted by Gasteiger charge is -2.31. The Hall–Kier alpha value is -2.04. The molecule has 1 saturated heterocycles. The van der Waals surface area contributed by atoms with E-state index in [0.29, 0.717) is 32.0 Å². The summed E-state index contributed by atoms with van der Waals surface area (Å²) in [5, 5.41) is 9.63. The van der Waals surface area contributed by atoms with Crippen LogP contribution in [0.5, 0.6) is 5.75 Å². The molecular weight excluding hydrogens is 292 g/mol. The molecule has 0 radical (unpaired) electrons. The number of carbonyl (C=O) groups is 2. The average Bonchev–Trinajstić information content (AvgIpc) is 3.28. The third kappa shape index (κ3) is 2.92. The first-order chi connectivity index (χ1) is 11.1. The van der Waals surface area contributed by atoms with Crippen molar-refractivity contribution < 1.29 is 14.7 Å². The van der Waals surface area contributed by atoms with Gasteiger partial charge in [-0.3, -0.25) is 9.59 Å². The fourth-order valence-corrected chi connectivity index (χ4v) is 3.72. The van der Waals surface area contributed by atoms with Crippen molar-refractivity contribution in [3.63, 3.8) is 0 Å². The van der Waals surface area contributed by atoms with Crippen molar-refractivity contribution in [1.29, 1.82) is 0 Å². The molecule has 2 amide bonds. The molecule has 2 aliphatic heterocycles. The van der Waals surface area contributed by atoms with Crippen molar-refractivity contribution in [1.82, 2.24) is 9.80 Å². The number of hydrogen-bond donors (Lipinski definition) is 1. The summed E-state index contributed by atoms with van der Waals surface area (Å²) in [6.07, 6.45) is 3.60. The van der Waals surface area contributed by atoms with Gasteiger partial charge in [0.1, 0.15) is 5.75 Å². The van der Waals surface area contributed by atoms with Gasteiger partial charge in [-0.1, -0.05) is 6.07 Å². The summed E-state index contributed by atoms with van der Waals surface area (Å²) in [5.41, 5.74) is 2.22. The second kappa shape index (κ2) is 5.55. The molecule has 1 aliphatic carbocycles. The van der Waals surface area contributed by atoms with Gasteiger partial charge in [-0.2, -0.15) is 0 Å². The zero-order chi connectivity index (χ0) is 16.0. The summed E-state index contributed by atoms with van der Waals surface area (Å²) >= 11 is 0. The highest BCUT2D eigenvalue weighted by atomic mass is 16.3. The predicted octanol–water partition coefficient (Wildman–Crippen LogP) is 1.54. The Morgan fingerprint density at radius 1 is 1.26 bits per heavy atom. The van der Waals surface area contributed by atoms with Gasteiger partial charge in [-0.05, 0) is 48.4 Å². The Kier molecular flexibility index (Phi) is 3.51. The number of phenolic OH excluding ortho intramolecular Hbond substituents is 1. The number of rotatable bonds is 3. The molecular formula is C18H22N2O3. The van der Waals surface area contributed by atoms with Crippen molar-refractivity contribution in [2.45, 2.75) is 32.2 Å². The van der Waals surface area contributed by atoms with Crippen LogP contribution in [0.15, 0.2) is 18.2 Å². The van der Waals surface area contributed by atoms with Crippen LogP contribution < -0.4 is 0 Å². The average molecular weight is 314 g/mol. The van der Waals surface area contributed by atoms with Crippen molar-refractivity contribution in [3.8, 4) is 5.75 Å². The highest BCUT2D eigenvalue weighted by molar-refractivity contribution is 5.89. The van der Waals surface area contributed by atoms with Crippen LogP contribution in [0, 0.1) is 11.8 Å². The first-order valence-electron chi connectivity index (χ1n) is 8.47. The van der Waals surface area contributed by atoms with Gasteiger partial charge in [0.25, 0.3) is 0 Å². The van der Waals surface area contributed by atoms with Crippen LogP contribution in [0.25, 0.3) is 0 Å². The zero-order valence-corrected chi connectivity index (χ0v) is 13.2. The molecule has 0 bridgehead atoms. The summed E-state index contributed by atoms with van der Waals surface area (Å²) in [7, 11) is 0. The molecule has 2 heterocycles. The van der Waals surface area contributed by atoms with Gasteiger partial charge in [0.15, 0.2) is 0 Å². The number of carbonyl (C=O) groups excluding carboxylic acids is 2. The molecule has 1 saturated carbocycles. The van der Waals surface area contributed by atoms with Gasteiger partial charge in [0.05, 0.1) is 5.92 Å². The van der Waals surface area contributed by atoms with Gasteiger partial charge < -0.3 is 14.9 Å². The van der Waals surface area contributed by atoms with E-state index in [1.807, 2.05) is 15.9 Å². The minimum absolute atomic E-state index is 0.0886. The minimum atomic E-state index is -0.194. The van der Waals surface area contributed by atoms with E-state index in [-0.39, 0.29) is 23.5 Å². The SMILES string of the molecule is O=C1C[C@@H](C(=O)N2CCc3ccc(O)cc3C2)CN1CC1CC1. The maximum atomic E-state index is 12.8. The Morgan fingerprint density at radius 2 is 2.09 bits per heavy atom. The highest BCUT2D eigenvalue weighted by Gasteiger charge is 2.39. The molecule has 3 aliphatic rings. The molecule has 1 atom stereocenters. The molecule has 5 heteroatoms. The van der Waals surface area contributed by atoms with Crippen LogP contribution in [0.1, 0.15) is 30.4 Å². The first-order valence-corrected chi connectivity index (χ1v) is 8.47. The van der Waals surface area contributed by atoms with E-state index in [9.17, 15) is 14.7 Å². The first kappa shape index (κ1) is 14.5. The lowest BCUT2D eigenvalue weighted by Crippen LogP contribution is -2.40. The van der Waals surface area contributed by atoms with Gasteiger partial charge in [0.2, 0.25) is 11.8 Å². The number of fused-ring (bicyclic) bond motifs is 1. The molecule has 122 valence electrons. The van der Waals surface area contributed by atoms with Gasteiger partial charge in [0, 0.05) is 32.6 Å². The molecule has 0 aromatic heterocycles. The number of hydrogen-bond acceptors (Lipinski definition) is 3. The number of aromatic hydroxyl groups is 1. The van der Waals surface area contributed by atoms with Crippen LogP contribution in [0.2, 0.25) is 0 Å². The van der Waals surface area contributed by atoms with Crippen LogP contribution >= 0.6 is 0 Å². The lowest BCUT2D eigenvalue weighted by atomic mass is 9.97. The number of likely N-dealkylation sites (tertiary alicyclic amines) is 1. The van der Waals surface area contributed by atoms with E-state index < -0.39 is 0 Å². The van der Waals surface area contributed by atoms with E-state index >= 15 is 0 Å². The maximum Gasteiger partial charge on any atom is 0.228 e. The smallest absolute Gasteiger partial charge is 0.228 e. The highest BCUT2D eigenvalue weighted by Crippen LogP contribution is 2.33. The topological polar surface area (TPSA) is 60.9 Å². The fraction of sp³-hybridized carbons (Fsp3) is 0.556. The molecule has 1 aromatic rings. The van der Waals surface area contributed by atoms with Crippen LogP contribution in [0.4, 0.5) is 0 Å². The Bertz CT molecular complexity index is 654. The molecule has 0 unspecified atom stereocenters. The molecule has 4 rings (SSSR count). The van der Waals surface area contributed by atoms with Gasteiger partial charge >= 0.3 is 0 Å². The Morgan fingerprint density at radius 3 is 2.87 bits per heavy atom. The normalized spacial score (nSPS) is 24.0. The number of amides is 2. The second-order valence-corrected chi connectivity index (χ2v) is 7.11. The number of phenols is 1. The molecule has 23 heavy (non-hydrogen) atoms. The summed E-state index contributed by atoms with van der Waals surface area (Å²) in [6.45, 7) is 2.65. The molecule has 1 aromatic carbocycles. The van der Waals surface area contributed by atoms with Crippen LogP contribution in [0.3, 0.4) is 0 Å². The lowest BCUT2D eigenvalue weighted by molar-refractivity contribution is -0.136. The minimum Gasteiger partial charge on any atom is -0.508 e. The zero-order valence-electron chi connectivity index (χ0n) is 13.2. The quantitative estimate of drug-likeness (QED) is 0.920. The molecule has 1 N–H and O–H groups in total. The van der Waals surface area contributed by atoms with E-state index in [1.54, 1.807) is 12.1 Å².